The van der Waals surface area contributed by atoms with Crippen LogP contribution in [0.4, 0.5) is 0 Å². The van der Waals surface area contributed by atoms with Crippen LogP contribution in [0.3, 0.4) is 0 Å². The number of carbonyl (C=O) groups excluding carboxylic acids is 1. The first kappa shape index (κ1) is 23.4. The Kier molecular flexibility index (Phi) is 8.56. The number of nitrogens with one attached hydrogen (secondary N) is 1. The maximum atomic E-state index is 12.5. The van der Waals surface area contributed by atoms with E-state index in [1.807, 2.05) is 17.0 Å². The van der Waals surface area contributed by atoms with Crippen LogP contribution in [-0.2, 0) is 6.54 Å². The number of furan rings is 1. The van der Waals surface area contributed by atoms with Crippen LogP contribution in [0.2, 0.25) is 0 Å². The standard InChI is InChI=1S/C22H29N5O3.HI/c1-2-23-22(25-15-18-7-8-24-20(14-18)30-16-17-5-6-17)27-11-9-26(10-12-27)21(28)19-4-3-13-29-19;/h3-4,7-8,13-14,17H,2,5-6,9-12,15-16H2,1H3,(H,23,25);1H. The molecule has 2 fully saturated rings. The number of halogens is 1. The van der Waals surface area contributed by atoms with Gasteiger partial charge in [0, 0.05) is 45.0 Å². The molecule has 0 bridgehead atoms. The molecule has 31 heavy (non-hydrogen) atoms. The number of aromatic nitrogens is 1. The van der Waals surface area contributed by atoms with Crippen molar-refractivity contribution in [3.8, 4) is 5.88 Å². The van der Waals surface area contributed by atoms with Crippen molar-refractivity contribution in [2.75, 3.05) is 39.3 Å². The number of guanidine groups is 1. The number of hydrogen-bond acceptors (Lipinski definition) is 5. The van der Waals surface area contributed by atoms with Crippen LogP contribution in [-0.4, -0.2) is 66.0 Å². The molecule has 1 amide bonds. The van der Waals surface area contributed by atoms with E-state index in [1.165, 1.54) is 19.1 Å². The number of aliphatic imine (C=N–C) groups is 1. The maximum absolute atomic E-state index is 12.5. The molecule has 9 heteroatoms. The average molecular weight is 539 g/mol. The number of pyridine rings is 1. The monoisotopic (exact) mass is 539 g/mol. The molecule has 0 aromatic carbocycles. The summed E-state index contributed by atoms with van der Waals surface area (Å²) in [5.74, 6) is 2.57. The molecule has 4 rings (SSSR count). The summed E-state index contributed by atoms with van der Waals surface area (Å²) in [6.07, 6.45) is 5.83. The maximum Gasteiger partial charge on any atom is 0.289 e. The van der Waals surface area contributed by atoms with Gasteiger partial charge in [-0.2, -0.15) is 0 Å². The summed E-state index contributed by atoms with van der Waals surface area (Å²) >= 11 is 0. The van der Waals surface area contributed by atoms with Crippen molar-refractivity contribution in [1.29, 1.82) is 0 Å². The van der Waals surface area contributed by atoms with Crippen molar-refractivity contribution in [2.24, 2.45) is 10.9 Å². The molecule has 0 radical (unpaired) electrons. The quantitative estimate of drug-likeness (QED) is 0.331. The molecule has 1 aliphatic carbocycles. The Morgan fingerprint density at radius 1 is 1.26 bits per heavy atom. The summed E-state index contributed by atoms with van der Waals surface area (Å²) in [5.41, 5.74) is 1.07. The van der Waals surface area contributed by atoms with Crippen molar-refractivity contribution in [1.82, 2.24) is 20.1 Å². The molecule has 1 saturated carbocycles. The van der Waals surface area contributed by atoms with Crippen LogP contribution in [0.5, 0.6) is 5.88 Å². The second-order valence-corrected chi connectivity index (χ2v) is 7.68. The second kappa shape index (κ2) is 11.4. The van der Waals surface area contributed by atoms with Gasteiger partial charge >= 0.3 is 0 Å². The third kappa shape index (κ3) is 6.59. The van der Waals surface area contributed by atoms with E-state index in [4.69, 9.17) is 14.1 Å². The zero-order chi connectivity index (χ0) is 20.8. The van der Waals surface area contributed by atoms with E-state index in [-0.39, 0.29) is 29.9 Å². The Morgan fingerprint density at radius 3 is 2.71 bits per heavy atom. The minimum atomic E-state index is -0.0582. The fraction of sp³-hybridized carbons (Fsp3) is 0.500. The topological polar surface area (TPSA) is 83.2 Å². The summed E-state index contributed by atoms with van der Waals surface area (Å²) < 4.78 is 11.0. The predicted octanol–water partition coefficient (Wildman–Crippen LogP) is 3.00. The lowest BCUT2D eigenvalue weighted by atomic mass is 10.2. The number of carbonyl (C=O) groups is 1. The van der Waals surface area contributed by atoms with Crippen LogP contribution in [0.1, 0.15) is 35.9 Å². The molecular formula is C22H30IN5O3. The van der Waals surface area contributed by atoms with E-state index >= 15 is 0 Å². The van der Waals surface area contributed by atoms with Gasteiger partial charge in [-0.3, -0.25) is 4.79 Å². The van der Waals surface area contributed by atoms with Gasteiger partial charge in [-0.25, -0.2) is 9.98 Å². The smallest absolute Gasteiger partial charge is 0.289 e. The first-order chi connectivity index (χ1) is 14.7. The Hall–Kier alpha value is -2.30. The van der Waals surface area contributed by atoms with Gasteiger partial charge in [-0.1, -0.05) is 0 Å². The van der Waals surface area contributed by atoms with E-state index in [0.717, 1.165) is 37.8 Å². The molecular weight excluding hydrogens is 509 g/mol. The Morgan fingerprint density at radius 2 is 2.03 bits per heavy atom. The largest absolute Gasteiger partial charge is 0.477 e. The van der Waals surface area contributed by atoms with Crippen LogP contribution in [0.25, 0.3) is 0 Å². The molecule has 1 aliphatic heterocycles. The van der Waals surface area contributed by atoms with Gasteiger partial charge in [0.2, 0.25) is 5.88 Å². The highest BCUT2D eigenvalue weighted by atomic mass is 127. The molecule has 0 atom stereocenters. The fourth-order valence-corrected chi connectivity index (χ4v) is 3.38. The molecule has 2 aromatic heterocycles. The normalized spacial score (nSPS) is 16.6. The first-order valence-corrected chi connectivity index (χ1v) is 10.7. The third-order valence-electron chi connectivity index (χ3n) is 5.31. The van der Waals surface area contributed by atoms with Gasteiger partial charge in [-0.05, 0) is 49.4 Å². The molecule has 2 aliphatic rings. The highest BCUT2D eigenvalue weighted by Crippen LogP contribution is 2.29. The minimum absolute atomic E-state index is 0. The lowest BCUT2D eigenvalue weighted by Gasteiger charge is -2.36. The van der Waals surface area contributed by atoms with Crippen molar-refractivity contribution in [3.63, 3.8) is 0 Å². The SMILES string of the molecule is CCNC(=NCc1ccnc(OCC2CC2)c1)N1CCN(C(=O)c2ccco2)CC1.I. The Bertz CT molecular complexity index is 862. The highest BCUT2D eigenvalue weighted by Gasteiger charge is 2.25. The molecule has 1 saturated heterocycles. The van der Waals surface area contributed by atoms with E-state index in [2.05, 4.69) is 22.1 Å². The summed E-state index contributed by atoms with van der Waals surface area (Å²) in [6, 6.07) is 7.38. The number of nitrogens with zero attached hydrogens (tertiary/aromatic N) is 4. The van der Waals surface area contributed by atoms with Crippen molar-refractivity contribution in [3.05, 3.63) is 48.0 Å². The van der Waals surface area contributed by atoms with E-state index in [9.17, 15) is 4.79 Å². The zero-order valence-electron chi connectivity index (χ0n) is 17.8. The van der Waals surface area contributed by atoms with Crippen LogP contribution in [0.15, 0.2) is 46.1 Å². The Labute approximate surface area is 200 Å². The molecule has 168 valence electrons. The number of hydrogen-bond donors (Lipinski definition) is 1. The van der Waals surface area contributed by atoms with E-state index in [0.29, 0.717) is 37.2 Å². The van der Waals surface area contributed by atoms with Gasteiger partial charge in [0.1, 0.15) is 0 Å². The van der Waals surface area contributed by atoms with Crippen molar-refractivity contribution in [2.45, 2.75) is 26.3 Å². The first-order valence-electron chi connectivity index (χ1n) is 10.7. The summed E-state index contributed by atoms with van der Waals surface area (Å²) in [4.78, 5) is 25.6. The van der Waals surface area contributed by atoms with E-state index < -0.39 is 0 Å². The second-order valence-electron chi connectivity index (χ2n) is 7.68. The third-order valence-corrected chi connectivity index (χ3v) is 5.31. The fourth-order valence-electron chi connectivity index (χ4n) is 3.38. The van der Waals surface area contributed by atoms with Gasteiger partial charge in [0.05, 0.1) is 19.4 Å². The predicted molar refractivity (Wildman–Crippen MR) is 129 cm³/mol. The highest BCUT2D eigenvalue weighted by molar-refractivity contribution is 14.0. The number of amides is 1. The number of ether oxygens (including phenoxy) is 1. The minimum Gasteiger partial charge on any atom is -0.477 e. The van der Waals surface area contributed by atoms with Gasteiger partial charge in [0.15, 0.2) is 11.7 Å². The molecule has 0 unspecified atom stereocenters. The van der Waals surface area contributed by atoms with Crippen LogP contribution >= 0.6 is 24.0 Å². The summed E-state index contributed by atoms with van der Waals surface area (Å²) in [7, 11) is 0. The lowest BCUT2D eigenvalue weighted by molar-refractivity contribution is 0.0657. The molecule has 3 heterocycles. The molecule has 0 spiro atoms. The summed E-state index contributed by atoms with van der Waals surface area (Å²) in [5, 5.41) is 3.36. The van der Waals surface area contributed by atoms with Crippen molar-refractivity contribution < 1.29 is 13.9 Å². The molecule has 2 aromatic rings. The number of rotatable bonds is 7. The molecule has 1 N–H and O–H groups in total. The van der Waals surface area contributed by atoms with Gasteiger partial charge < -0.3 is 24.3 Å². The Balaban J connectivity index is 0.00000272. The number of piperazine rings is 1. The molecule has 8 nitrogen and oxygen atoms in total. The zero-order valence-corrected chi connectivity index (χ0v) is 20.2. The van der Waals surface area contributed by atoms with E-state index in [1.54, 1.807) is 18.3 Å². The average Bonchev–Trinajstić information content (AvgIpc) is 3.46. The lowest BCUT2D eigenvalue weighted by Crippen LogP contribution is -2.53. The van der Waals surface area contributed by atoms with Gasteiger partial charge in [0.25, 0.3) is 5.91 Å². The van der Waals surface area contributed by atoms with Crippen molar-refractivity contribution >= 4 is 35.8 Å². The van der Waals surface area contributed by atoms with Crippen LogP contribution in [0, 0.1) is 5.92 Å². The van der Waals surface area contributed by atoms with Crippen LogP contribution < -0.4 is 10.1 Å². The van der Waals surface area contributed by atoms with Gasteiger partial charge in [-0.15, -0.1) is 24.0 Å². The summed E-state index contributed by atoms with van der Waals surface area (Å²) in [6.45, 7) is 6.88.